The lowest BCUT2D eigenvalue weighted by molar-refractivity contribution is -0.137. The zero-order valence-corrected chi connectivity index (χ0v) is 11.1. The fourth-order valence-electron chi connectivity index (χ4n) is 1.64. The highest BCUT2D eigenvalue weighted by atomic mass is 19.4. The average Bonchev–Trinajstić information content (AvgIpc) is 2.27. The minimum absolute atomic E-state index is 0.354. The first-order chi connectivity index (χ1) is 8.66. The molecule has 19 heavy (non-hydrogen) atoms. The van der Waals surface area contributed by atoms with Crippen molar-refractivity contribution in [3.8, 4) is 0 Å². The fourth-order valence-corrected chi connectivity index (χ4v) is 1.64. The Morgan fingerprint density at radius 2 is 1.58 bits per heavy atom. The normalized spacial score (nSPS) is 12.1. The first kappa shape index (κ1) is 15.3. The Morgan fingerprint density at radius 3 is 2.00 bits per heavy atom. The van der Waals surface area contributed by atoms with Gasteiger partial charge in [-0.15, -0.1) is 0 Å². The fraction of sp³-hybridized carbons (Fsp3) is 0.462. The van der Waals surface area contributed by atoms with E-state index < -0.39 is 17.3 Å². The first-order valence-corrected chi connectivity index (χ1v) is 5.90. The van der Waals surface area contributed by atoms with Gasteiger partial charge in [0.1, 0.15) is 0 Å². The summed E-state index contributed by atoms with van der Waals surface area (Å²) in [6, 6.07) is 4.41. The van der Waals surface area contributed by atoms with E-state index in [1.165, 1.54) is 12.1 Å². The van der Waals surface area contributed by atoms with Gasteiger partial charge < -0.3 is 10.6 Å². The van der Waals surface area contributed by atoms with Gasteiger partial charge in [-0.05, 0) is 38.5 Å². The Kier molecular flexibility index (Phi) is 4.44. The number of nitrogens with one attached hydrogen (secondary N) is 2. The number of hydrogen-bond donors (Lipinski definition) is 2. The summed E-state index contributed by atoms with van der Waals surface area (Å²) in [5.74, 6) is 0. The number of alkyl halides is 3. The molecule has 0 radical (unpaired) electrons. The smallest absolute Gasteiger partial charge is 0.338 e. The molecule has 0 heterocycles. The van der Waals surface area contributed by atoms with E-state index in [9.17, 15) is 18.0 Å². The number of halogens is 3. The number of carbonyl (C=O) groups excluding carboxylic acids is 1. The summed E-state index contributed by atoms with van der Waals surface area (Å²) in [7, 11) is 0. The Labute approximate surface area is 110 Å². The minimum Gasteiger partial charge on any atom is -0.338 e. The average molecular weight is 274 g/mol. The van der Waals surface area contributed by atoms with Crippen LogP contribution in [-0.4, -0.2) is 12.6 Å². The molecule has 1 rings (SSSR count). The maximum Gasteiger partial charge on any atom is 0.416 e. The molecule has 0 aliphatic rings. The van der Waals surface area contributed by atoms with Crippen molar-refractivity contribution in [2.24, 2.45) is 0 Å². The zero-order chi connectivity index (χ0) is 14.7. The van der Waals surface area contributed by atoms with E-state index in [1.807, 2.05) is 0 Å². The summed E-state index contributed by atoms with van der Waals surface area (Å²) >= 11 is 0. The first-order valence-electron chi connectivity index (χ1n) is 5.90. The molecule has 0 bridgehead atoms. The maximum absolute atomic E-state index is 12.4. The second-order valence-electron chi connectivity index (χ2n) is 4.68. The van der Waals surface area contributed by atoms with E-state index in [2.05, 4.69) is 10.6 Å². The summed E-state index contributed by atoms with van der Waals surface area (Å²) in [4.78, 5) is 11.5. The molecule has 0 fully saturated rings. The second kappa shape index (κ2) is 5.50. The highest BCUT2D eigenvalue weighted by molar-refractivity contribution is 5.74. The highest BCUT2D eigenvalue weighted by Crippen LogP contribution is 2.30. The van der Waals surface area contributed by atoms with E-state index >= 15 is 0 Å². The van der Waals surface area contributed by atoms with E-state index in [0.717, 1.165) is 12.1 Å². The summed E-state index contributed by atoms with van der Waals surface area (Å²) < 4.78 is 37.3. The lowest BCUT2D eigenvalue weighted by Gasteiger charge is -2.27. The number of carbonyl (C=O) groups is 1. The van der Waals surface area contributed by atoms with Crippen LogP contribution in [0.2, 0.25) is 0 Å². The molecular weight excluding hydrogens is 257 g/mol. The van der Waals surface area contributed by atoms with Crippen molar-refractivity contribution < 1.29 is 18.0 Å². The third-order valence-electron chi connectivity index (χ3n) is 2.70. The van der Waals surface area contributed by atoms with Crippen molar-refractivity contribution in [1.29, 1.82) is 0 Å². The van der Waals surface area contributed by atoms with Crippen LogP contribution < -0.4 is 10.6 Å². The maximum atomic E-state index is 12.4. The van der Waals surface area contributed by atoms with Crippen LogP contribution in [0.3, 0.4) is 0 Å². The number of urea groups is 1. The molecule has 6 heteroatoms. The zero-order valence-electron chi connectivity index (χ0n) is 11.1. The summed E-state index contributed by atoms with van der Waals surface area (Å²) in [5, 5.41) is 5.28. The third-order valence-corrected chi connectivity index (χ3v) is 2.70. The van der Waals surface area contributed by atoms with E-state index in [4.69, 9.17) is 0 Å². The molecule has 0 aromatic heterocycles. The molecular formula is C13H17F3N2O. The summed E-state index contributed by atoms with van der Waals surface area (Å²) in [6.07, 6.45) is -4.35. The Hall–Kier alpha value is -1.72. The molecule has 106 valence electrons. The van der Waals surface area contributed by atoms with Crippen molar-refractivity contribution in [3.05, 3.63) is 35.4 Å². The standard InChI is InChI=1S/C13H17F3N2O/c1-4-17-11(19)18-12(2,3)9-5-7-10(8-6-9)13(14,15)16/h5-8H,4H2,1-3H3,(H2,17,18,19). The van der Waals surface area contributed by atoms with Crippen molar-refractivity contribution in [2.45, 2.75) is 32.5 Å². The van der Waals surface area contributed by atoms with Gasteiger partial charge in [0, 0.05) is 6.54 Å². The van der Waals surface area contributed by atoms with E-state index in [0.29, 0.717) is 12.1 Å². The van der Waals surface area contributed by atoms with Crippen molar-refractivity contribution in [3.63, 3.8) is 0 Å². The van der Waals surface area contributed by atoms with Crippen LogP contribution in [0.4, 0.5) is 18.0 Å². The van der Waals surface area contributed by atoms with Crippen LogP contribution in [0.25, 0.3) is 0 Å². The largest absolute Gasteiger partial charge is 0.416 e. The lowest BCUT2D eigenvalue weighted by atomic mass is 9.93. The van der Waals surface area contributed by atoms with Gasteiger partial charge in [-0.3, -0.25) is 0 Å². The molecule has 0 saturated carbocycles. The van der Waals surface area contributed by atoms with Gasteiger partial charge in [-0.1, -0.05) is 12.1 Å². The molecule has 2 amide bonds. The van der Waals surface area contributed by atoms with Gasteiger partial charge in [0.05, 0.1) is 11.1 Å². The SMILES string of the molecule is CCNC(=O)NC(C)(C)c1ccc(C(F)(F)F)cc1. The van der Waals surface area contributed by atoms with Gasteiger partial charge in [0.25, 0.3) is 0 Å². The predicted molar refractivity (Wildman–Crippen MR) is 66.7 cm³/mol. The van der Waals surface area contributed by atoms with Crippen LogP contribution in [0.15, 0.2) is 24.3 Å². The molecule has 0 aliphatic carbocycles. The monoisotopic (exact) mass is 274 g/mol. The number of amides is 2. The molecule has 3 nitrogen and oxygen atoms in total. The van der Waals surface area contributed by atoms with Crippen LogP contribution in [0.1, 0.15) is 31.9 Å². The number of rotatable bonds is 3. The number of benzene rings is 1. The van der Waals surface area contributed by atoms with Crippen LogP contribution in [0.5, 0.6) is 0 Å². The molecule has 2 N–H and O–H groups in total. The van der Waals surface area contributed by atoms with Gasteiger partial charge in [-0.2, -0.15) is 13.2 Å². The van der Waals surface area contributed by atoms with E-state index in [-0.39, 0.29) is 6.03 Å². The Bertz CT molecular complexity index is 438. The molecule has 1 aromatic carbocycles. The van der Waals surface area contributed by atoms with Crippen LogP contribution in [-0.2, 0) is 11.7 Å². The molecule has 0 saturated heterocycles. The minimum atomic E-state index is -4.35. The van der Waals surface area contributed by atoms with Crippen LogP contribution in [0, 0.1) is 0 Å². The molecule has 0 aliphatic heterocycles. The molecule has 0 unspecified atom stereocenters. The van der Waals surface area contributed by atoms with Gasteiger partial charge in [-0.25, -0.2) is 4.79 Å². The summed E-state index contributed by atoms with van der Waals surface area (Å²) in [5.41, 5.74) is -0.847. The number of hydrogen-bond acceptors (Lipinski definition) is 1. The van der Waals surface area contributed by atoms with Gasteiger partial charge in [0.15, 0.2) is 0 Å². The van der Waals surface area contributed by atoms with Crippen molar-refractivity contribution >= 4 is 6.03 Å². The molecule has 0 spiro atoms. The van der Waals surface area contributed by atoms with Gasteiger partial charge >= 0.3 is 12.2 Å². The van der Waals surface area contributed by atoms with Crippen molar-refractivity contribution in [1.82, 2.24) is 10.6 Å². The molecule has 0 atom stereocenters. The van der Waals surface area contributed by atoms with Gasteiger partial charge in [0.2, 0.25) is 0 Å². The third kappa shape index (κ3) is 4.15. The Balaban J connectivity index is 2.87. The summed E-state index contributed by atoms with van der Waals surface area (Å²) in [6.45, 7) is 5.72. The second-order valence-corrected chi connectivity index (χ2v) is 4.68. The quantitative estimate of drug-likeness (QED) is 0.872. The topological polar surface area (TPSA) is 41.1 Å². The van der Waals surface area contributed by atoms with E-state index in [1.54, 1.807) is 20.8 Å². The highest BCUT2D eigenvalue weighted by Gasteiger charge is 2.31. The molecule has 1 aromatic rings. The van der Waals surface area contributed by atoms with Crippen molar-refractivity contribution in [2.75, 3.05) is 6.54 Å². The predicted octanol–water partition coefficient (Wildman–Crippen LogP) is 3.26. The Morgan fingerprint density at radius 1 is 1.11 bits per heavy atom. The van der Waals surface area contributed by atoms with Crippen LogP contribution >= 0.6 is 0 Å². The lowest BCUT2D eigenvalue weighted by Crippen LogP contribution is -2.46.